The number of hydrogen-bond donors (Lipinski definition) is 0. The molecule has 0 unspecified atom stereocenters. The lowest BCUT2D eigenvalue weighted by Gasteiger charge is -2.01. The van der Waals surface area contributed by atoms with Crippen LogP contribution >= 0.6 is 27.7 Å². The Morgan fingerprint density at radius 2 is 2.43 bits per heavy atom. The van der Waals surface area contributed by atoms with Gasteiger partial charge in [0.25, 0.3) is 0 Å². The van der Waals surface area contributed by atoms with Gasteiger partial charge in [0, 0.05) is 0 Å². The zero-order valence-electron chi connectivity index (χ0n) is 7.70. The lowest BCUT2D eigenvalue weighted by molar-refractivity contribution is -0.139. The zero-order valence-corrected chi connectivity index (χ0v) is 10.1. The average molecular weight is 276 g/mol. The van der Waals surface area contributed by atoms with Crippen LogP contribution < -0.4 is 0 Å². The summed E-state index contributed by atoms with van der Waals surface area (Å²) in [5.74, 6) is 0.0939. The van der Waals surface area contributed by atoms with Crippen LogP contribution in [0.2, 0.25) is 0 Å². The predicted octanol–water partition coefficient (Wildman–Crippen LogP) is 2.50. The van der Waals surface area contributed by atoms with Gasteiger partial charge in [-0.2, -0.15) is 0 Å². The van der Waals surface area contributed by atoms with Crippen LogP contribution in [0.4, 0.5) is 0 Å². The molecule has 0 fully saturated rings. The van der Waals surface area contributed by atoms with Gasteiger partial charge in [-0.25, -0.2) is 4.98 Å². The van der Waals surface area contributed by atoms with E-state index in [4.69, 9.17) is 4.74 Å². The second kappa shape index (κ2) is 6.03. The number of nitrogens with zero attached hydrogens (tertiary/aromatic N) is 1. The van der Waals surface area contributed by atoms with Crippen molar-refractivity contribution in [2.24, 2.45) is 0 Å². The van der Waals surface area contributed by atoms with Gasteiger partial charge < -0.3 is 4.74 Å². The van der Waals surface area contributed by atoms with Crippen molar-refractivity contribution < 1.29 is 9.53 Å². The minimum atomic E-state index is -0.209. The van der Waals surface area contributed by atoms with Crippen molar-refractivity contribution in [2.45, 2.75) is 11.9 Å². The van der Waals surface area contributed by atoms with Gasteiger partial charge in [0.1, 0.15) is 4.60 Å². The SMILES string of the molecule is CCOC(=O)CSc1cccc(Br)n1. The number of halogens is 1. The maximum atomic E-state index is 11.0. The molecule has 0 saturated heterocycles. The molecular formula is C9H10BrNO2S. The molecule has 0 radical (unpaired) electrons. The van der Waals surface area contributed by atoms with Crippen molar-refractivity contribution in [3.8, 4) is 0 Å². The molecule has 14 heavy (non-hydrogen) atoms. The summed E-state index contributed by atoms with van der Waals surface area (Å²) in [4.78, 5) is 15.2. The van der Waals surface area contributed by atoms with Crippen LogP contribution in [0.5, 0.6) is 0 Å². The van der Waals surface area contributed by atoms with Crippen molar-refractivity contribution in [3.63, 3.8) is 0 Å². The van der Waals surface area contributed by atoms with Crippen LogP contribution in [-0.4, -0.2) is 23.3 Å². The molecule has 76 valence electrons. The van der Waals surface area contributed by atoms with Crippen molar-refractivity contribution in [3.05, 3.63) is 22.8 Å². The summed E-state index contributed by atoms with van der Waals surface area (Å²) in [5.41, 5.74) is 0. The summed E-state index contributed by atoms with van der Waals surface area (Å²) in [7, 11) is 0. The molecule has 0 spiro atoms. The van der Waals surface area contributed by atoms with Crippen LogP contribution in [0.3, 0.4) is 0 Å². The first-order valence-corrected chi connectivity index (χ1v) is 5.91. The number of hydrogen-bond acceptors (Lipinski definition) is 4. The van der Waals surface area contributed by atoms with Crippen molar-refractivity contribution in [1.82, 2.24) is 4.98 Å². The maximum absolute atomic E-state index is 11.0. The minimum Gasteiger partial charge on any atom is -0.465 e. The fraction of sp³-hybridized carbons (Fsp3) is 0.333. The monoisotopic (exact) mass is 275 g/mol. The summed E-state index contributed by atoms with van der Waals surface area (Å²) in [5, 5.41) is 0.812. The average Bonchev–Trinajstić information content (AvgIpc) is 2.15. The summed E-state index contributed by atoms with van der Waals surface area (Å²) in [6.45, 7) is 2.21. The first-order chi connectivity index (χ1) is 6.72. The molecule has 0 aliphatic carbocycles. The number of esters is 1. The number of rotatable bonds is 4. The Balaban J connectivity index is 2.41. The van der Waals surface area contributed by atoms with Crippen LogP contribution in [0.1, 0.15) is 6.92 Å². The highest BCUT2D eigenvalue weighted by molar-refractivity contribution is 9.10. The number of thioether (sulfide) groups is 1. The zero-order chi connectivity index (χ0) is 10.4. The molecule has 3 nitrogen and oxygen atoms in total. The second-order valence-corrected chi connectivity index (χ2v) is 4.20. The Morgan fingerprint density at radius 3 is 3.07 bits per heavy atom. The van der Waals surface area contributed by atoms with Gasteiger partial charge in [0.2, 0.25) is 0 Å². The van der Waals surface area contributed by atoms with E-state index in [2.05, 4.69) is 20.9 Å². The third kappa shape index (κ3) is 4.11. The van der Waals surface area contributed by atoms with E-state index in [-0.39, 0.29) is 5.97 Å². The number of carbonyl (C=O) groups excluding carboxylic acids is 1. The van der Waals surface area contributed by atoms with Gasteiger partial charge in [0.15, 0.2) is 0 Å². The third-order valence-corrected chi connectivity index (χ3v) is 2.68. The van der Waals surface area contributed by atoms with Crippen LogP contribution in [0.15, 0.2) is 27.8 Å². The second-order valence-electron chi connectivity index (χ2n) is 2.39. The topological polar surface area (TPSA) is 39.2 Å². The first kappa shape index (κ1) is 11.5. The molecule has 1 rings (SSSR count). The summed E-state index contributed by atoms with van der Waals surface area (Å²) >= 11 is 4.63. The molecule has 0 aliphatic rings. The fourth-order valence-electron chi connectivity index (χ4n) is 0.806. The summed E-state index contributed by atoms with van der Waals surface area (Å²) < 4.78 is 5.56. The van der Waals surface area contributed by atoms with Gasteiger partial charge in [-0.1, -0.05) is 17.8 Å². The van der Waals surface area contributed by atoms with Gasteiger partial charge in [0.05, 0.1) is 17.4 Å². The standard InChI is InChI=1S/C9H10BrNO2S/c1-2-13-9(12)6-14-8-5-3-4-7(10)11-8/h3-5H,2,6H2,1H3. The van der Waals surface area contributed by atoms with Crippen LogP contribution in [0.25, 0.3) is 0 Å². The molecule has 0 atom stereocenters. The van der Waals surface area contributed by atoms with E-state index < -0.39 is 0 Å². The molecule has 1 heterocycles. The fourth-order valence-corrected chi connectivity index (χ4v) is 1.95. The van der Waals surface area contributed by atoms with Gasteiger partial charge in [-0.3, -0.25) is 4.79 Å². The maximum Gasteiger partial charge on any atom is 0.316 e. The molecule has 1 aromatic heterocycles. The third-order valence-electron chi connectivity index (χ3n) is 1.33. The lowest BCUT2D eigenvalue weighted by atomic mass is 10.5. The Bertz CT molecular complexity index is 319. The Hall–Kier alpha value is -0.550. The molecule has 1 aromatic rings. The van der Waals surface area contributed by atoms with E-state index in [0.29, 0.717) is 12.4 Å². The minimum absolute atomic E-state index is 0.209. The van der Waals surface area contributed by atoms with Gasteiger partial charge >= 0.3 is 5.97 Å². The van der Waals surface area contributed by atoms with Crippen molar-refractivity contribution >= 4 is 33.7 Å². The number of aromatic nitrogens is 1. The molecule has 0 amide bonds. The van der Waals surface area contributed by atoms with Gasteiger partial charge in [-0.05, 0) is 35.0 Å². The normalized spacial score (nSPS) is 9.86. The first-order valence-electron chi connectivity index (χ1n) is 4.13. The van der Waals surface area contributed by atoms with Crippen molar-refractivity contribution in [1.29, 1.82) is 0 Å². The molecule has 5 heteroatoms. The highest BCUT2D eigenvalue weighted by Crippen LogP contribution is 2.17. The molecular weight excluding hydrogens is 266 g/mol. The van der Waals surface area contributed by atoms with E-state index in [0.717, 1.165) is 9.63 Å². The van der Waals surface area contributed by atoms with Crippen LogP contribution in [0, 0.1) is 0 Å². The number of ether oxygens (including phenoxy) is 1. The molecule has 0 N–H and O–H groups in total. The van der Waals surface area contributed by atoms with E-state index in [1.165, 1.54) is 11.8 Å². The Labute approximate surface area is 95.4 Å². The largest absolute Gasteiger partial charge is 0.465 e. The molecule has 0 aromatic carbocycles. The van der Waals surface area contributed by atoms with Crippen molar-refractivity contribution in [2.75, 3.05) is 12.4 Å². The van der Waals surface area contributed by atoms with E-state index >= 15 is 0 Å². The lowest BCUT2D eigenvalue weighted by Crippen LogP contribution is -2.06. The molecule has 0 aliphatic heterocycles. The molecule has 0 saturated carbocycles. The Morgan fingerprint density at radius 1 is 1.64 bits per heavy atom. The molecule has 0 bridgehead atoms. The quantitative estimate of drug-likeness (QED) is 0.481. The van der Waals surface area contributed by atoms with E-state index in [9.17, 15) is 4.79 Å². The van der Waals surface area contributed by atoms with E-state index in [1.807, 2.05) is 18.2 Å². The summed E-state index contributed by atoms with van der Waals surface area (Å²) in [6.07, 6.45) is 0. The number of pyridine rings is 1. The Kier molecular flexibility index (Phi) is 4.97. The van der Waals surface area contributed by atoms with E-state index in [1.54, 1.807) is 6.92 Å². The van der Waals surface area contributed by atoms with Gasteiger partial charge in [-0.15, -0.1) is 0 Å². The summed E-state index contributed by atoms with van der Waals surface area (Å²) in [6, 6.07) is 5.58. The number of carbonyl (C=O) groups is 1. The van der Waals surface area contributed by atoms with Crippen LogP contribution in [-0.2, 0) is 9.53 Å². The predicted molar refractivity (Wildman–Crippen MR) is 59.3 cm³/mol. The highest BCUT2D eigenvalue weighted by atomic mass is 79.9. The highest BCUT2D eigenvalue weighted by Gasteiger charge is 2.03. The smallest absolute Gasteiger partial charge is 0.316 e.